The normalized spacial score (nSPS) is 27.4. The Morgan fingerprint density at radius 3 is 1.75 bits per heavy atom. The van der Waals surface area contributed by atoms with Crippen molar-refractivity contribution in [3.05, 3.63) is 0 Å². The summed E-state index contributed by atoms with van der Waals surface area (Å²) in [6.45, 7) is 2.00. The second-order valence-corrected chi connectivity index (χ2v) is 3.93. The van der Waals surface area contributed by atoms with Crippen LogP contribution >= 0.6 is 8.45 Å². The first-order valence-corrected chi connectivity index (χ1v) is 3.83. The fraction of sp³-hybridized carbons (Fsp3) is 1.00. The van der Waals surface area contributed by atoms with Crippen LogP contribution in [0.1, 0.15) is 0 Å². The number of rotatable bonds is 0. The Kier molecular flexibility index (Phi) is 1.83. The molecule has 0 bridgehead atoms. The zero-order chi connectivity index (χ0) is 6.15. The van der Waals surface area contributed by atoms with E-state index >= 15 is 0 Å². The molecule has 1 aliphatic rings. The predicted octanol–water partition coefficient (Wildman–Crippen LogP) is 0.0828. The lowest BCUT2D eigenvalue weighted by Gasteiger charge is -2.15. The van der Waals surface area contributed by atoms with Crippen LogP contribution in [-0.2, 0) is 0 Å². The van der Waals surface area contributed by atoms with Gasteiger partial charge in [-0.2, -0.15) is 0 Å². The predicted molar refractivity (Wildman–Crippen MR) is 34.4 cm³/mol. The van der Waals surface area contributed by atoms with Gasteiger partial charge in [0.2, 0.25) is 0 Å². The van der Waals surface area contributed by atoms with Crippen molar-refractivity contribution in [1.29, 1.82) is 0 Å². The highest BCUT2D eigenvalue weighted by atomic mass is 31.2. The smallest absolute Gasteiger partial charge is 0.184 e. The van der Waals surface area contributed by atoms with Crippen LogP contribution in [0, 0.1) is 0 Å². The number of likely N-dealkylation sites (N-methyl/N-ethyl adjacent to an activating group) is 2. The molecule has 8 heavy (non-hydrogen) atoms. The highest BCUT2D eigenvalue weighted by Gasteiger charge is 2.23. The Bertz CT molecular complexity index is 80.1. The second-order valence-electron chi connectivity index (χ2n) is 2.03. The van der Waals surface area contributed by atoms with Gasteiger partial charge in [-0.25, -0.2) is 9.34 Å². The topological polar surface area (TPSA) is 26.7 Å². The maximum Gasteiger partial charge on any atom is 0.184 e. The van der Waals surface area contributed by atoms with Gasteiger partial charge < -0.3 is 4.89 Å². The lowest BCUT2D eigenvalue weighted by atomic mass is 10.6. The summed E-state index contributed by atoms with van der Waals surface area (Å²) in [7, 11) is 2.96. The Balaban J connectivity index is 2.44. The van der Waals surface area contributed by atoms with E-state index in [9.17, 15) is 4.89 Å². The molecule has 0 saturated carbocycles. The number of nitrogens with zero attached hydrogens (tertiary/aromatic N) is 2. The van der Waals surface area contributed by atoms with Crippen molar-refractivity contribution in [2.45, 2.75) is 0 Å². The van der Waals surface area contributed by atoms with Gasteiger partial charge in [-0.1, -0.05) is 0 Å². The van der Waals surface area contributed by atoms with E-state index in [1.54, 1.807) is 0 Å². The van der Waals surface area contributed by atoms with E-state index in [4.69, 9.17) is 0 Å². The fourth-order valence-electron chi connectivity index (χ4n) is 0.729. The average Bonchev–Trinajstić information content (AvgIpc) is 1.98. The summed E-state index contributed by atoms with van der Waals surface area (Å²) in [6, 6.07) is 0. The largest absolute Gasteiger partial charge is 0.347 e. The molecule has 48 valence electrons. The fourth-order valence-corrected chi connectivity index (χ4v) is 1.79. The second kappa shape index (κ2) is 2.28. The van der Waals surface area contributed by atoms with Gasteiger partial charge in [0.05, 0.1) is 0 Å². The SMILES string of the molecule is CN1CCN(C)P1O. The minimum Gasteiger partial charge on any atom is -0.347 e. The van der Waals surface area contributed by atoms with Gasteiger partial charge in [0.1, 0.15) is 0 Å². The molecule has 1 rings (SSSR count). The first-order chi connectivity index (χ1) is 3.72. The first kappa shape index (κ1) is 6.43. The van der Waals surface area contributed by atoms with Crippen LogP contribution in [0.5, 0.6) is 0 Å². The summed E-state index contributed by atoms with van der Waals surface area (Å²) in [5.74, 6) is 0. The molecule has 1 N–H and O–H groups in total. The Morgan fingerprint density at radius 1 is 1.25 bits per heavy atom. The summed E-state index contributed by atoms with van der Waals surface area (Å²) in [6.07, 6.45) is 0. The molecule has 0 radical (unpaired) electrons. The zero-order valence-electron chi connectivity index (χ0n) is 5.20. The van der Waals surface area contributed by atoms with Crippen molar-refractivity contribution in [3.8, 4) is 0 Å². The van der Waals surface area contributed by atoms with Crippen LogP contribution < -0.4 is 0 Å². The minimum atomic E-state index is -0.921. The van der Waals surface area contributed by atoms with E-state index in [1.165, 1.54) is 0 Å². The monoisotopic (exact) mass is 134 g/mol. The molecule has 0 atom stereocenters. The molecule has 1 saturated heterocycles. The summed E-state index contributed by atoms with van der Waals surface area (Å²) < 4.78 is 3.94. The first-order valence-electron chi connectivity index (χ1n) is 2.63. The molecular formula is C4H11N2OP. The van der Waals surface area contributed by atoms with Crippen LogP contribution in [0.25, 0.3) is 0 Å². The Labute approximate surface area is 50.8 Å². The quantitative estimate of drug-likeness (QED) is 0.475. The Morgan fingerprint density at radius 2 is 1.62 bits per heavy atom. The van der Waals surface area contributed by atoms with Gasteiger partial charge in [0.15, 0.2) is 8.45 Å². The molecule has 1 heterocycles. The third kappa shape index (κ3) is 1.00. The number of hydrogen-bond acceptors (Lipinski definition) is 3. The van der Waals surface area contributed by atoms with Crippen LogP contribution in [0.15, 0.2) is 0 Å². The molecule has 0 unspecified atom stereocenters. The van der Waals surface area contributed by atoms with Gasteiger partial charge in [-0.15, -0.1) is 0 Å². The molecule has 1 fully saturated rings. The molecule has 4 heteroatoms. The summed E-state index contributed by atoms with van der Waals surface area (Å²) in [5, 5.41) is 0. The average molecular weight is 134 g/mol. The third-order valence-electron chi connectivity index (χ3n) is 1.36. The maximum absolute atomic E-state index is 9.18. The van der Waals surface area contributed by atoms with E-state index in [0.717, 1.165) is 13.1 Å². The molecule has 0 aromatic carbocycles. The molecule has 3 nitrogen and oxygen atoms in total. The summed E-state index contributed by atoms with van der Waals surface area (Å²) in [5.41, 5.74) is 0. The van der Waals surface area contributed by atoms with E-state index < -0.39 is 8.45 Å². The minimum absolute atomic E-state index is 0.921. The van der Waals surface area contributed by atoms with E-state index in [-0.39, 0.29) is 0 Å². The Hall–Kier alpha value is 0.310. The van der Waals surface area contributed by atoms with Crippen LogP contribution in [0.3, 0.4) is 0 Å². The molecular weight excluding hydrogens is 123 g/mol. The van der Waals surface area contributed by atoms with Gasteiger partial charge in [-0.05, 0) is 14.1 Å². The highest BCUT2D eigenvalue weighted by Crippen LogP contribution is 2.40. The lowest BCUT2D eigenvalue weighted by molar-refractivity contribution is 0.497. The lowest BCUT2D eigenvalue weighted by Crippen LogP contribution is -2.06. The van der Waals surface area contributed by atoms with Crippen molar-refractivity contribution in [3.63, 3.8) is 0 Å². The maximum atomic E-state index is 9.18. The van der Waals surface area contributed by atoms with Gasteiger partial charge in [0.25, 0.3) is 0 Å². The molecule has 0 spiro atoms. The van der Waals surface area contributed by atoms with Crippen molar-refractivity contribution < 1.29 is 4.89 Å². The zero-order valence-corrected chi connectivity index (χ0v) is 6.10. The van der Waals surface area contributed by atoms with Crippen molar-refractivity contribution in [2.75, 3.05) is 27.2 Å². The van der Waals surface area contributed by atoms with E-state index in [0.29, 0.717) is 0 Å². The highest BCUT2D eigenvalue weighted by molar-refractivity contribution is 7.46. The van der Waals surface area contributed by atoms with Gasteiger partial charge in [-0.3, -0.25) is 0 Å². The molecule has 0 amide bonds. The molecule has 0 aliphatic carbocycles. The van der Waals surface area contributed by atoms with E-state index in [2.05, 4.69) is 0 Å². The van der Waals surface area contributed by atoms with Crippen molar-refractivity contribution in [2.24, 2.45) is 0 Å². The van der Waals surface area contributed by atoms with Gasteiger partial charge in [0, 0.05) is 13.1 Å². The molecule has 0 aromatic rings. The number of hydrogen-bond donors (Lipinski definition) is 1. The third-order valence-corrected chi connectivity index (χ3v) is 2.98. The van der Waals surface area contributed by atoms with Crippen molar-refractivity contribution in [1.82, 2.24) is 9.34 Å². The molecule has 0 aromatic heterocycles. The van der Waals surface area contributed by atoms with Crippen molar-refractivity contribution >= 4 is 8.45 Å². The van der Waals surface area contributed by atoms with Gasteiger partial charge >= 0.3 is 0 Å². The standard InChI is InChI=1S/C4H11N2OP/c1-5-3-4-6(2)8(5)7/h7H,3-4H2,1-2H3. The molecule has 1 aliphatic heterocycles. The van der Waals surface area contributed by atoms with E-state index in [1.807, 2.05) is 23.4 Å². The summed E-state index contributed by atoms with van der Waals surface area (Å²) in [4.78, 5) is 9.18. The summed E-state index contributed by atoms with van der Waals surface area (Å²) >= 11 is 0. The van der Waals surface area contributed by atoms with Crippen LogP contribution in [0.4, 0.5) is 0 Å². The van der Waals surface area contributed by atoms with Crippen LogP contribution in [0.2, 0.25) is 0 Å². The van der Waals surface area contributed by atoms with Crippen LogP contribution in [-0.4, -0.2) is 41.4 Å².